The van der Waals surface area contributed by atoms with E-state index >= 15 is 0 Å². The Morgan fingerprint density at radius 2 is 1.94 bits per heavy atom. The molecule has 0 aliphatic carbocycles. The fraction of sp³-hybridized carbons (Fsp3) is 0.500. The predicted molar refractivity (Wildman–Crippen MR) is 66.8 cm³/mol. The molecule has 0 heterocycles. The zero-order valence-electron chi connectivity index (χ0n) is 10.5. The third kappa shape index (κ3) is 5.95. The molecule has 0 fully saturated rings. The van der Waals surface area contributed by atoms with E-state index in [1.807, 2.05) is 0 Å². The third-order valence-electron chi connectivity index (χ3n) is 2.47. The monoisotopic (exact) mass is 236 g/mol. The summed E-state index contributed by atoms with van der Waals surface area (Å²) in [4.78, 5) is 11.5. The molecule has 0 bridgehead atoms. The molecule has 0 aliphatic heterocycles. The first kappa shape index (κ1) is 13.6. The number of hydrogen-bond donors (Lipinski definition) is 1. The van der Waals surface area contributed by atoms with Gasteiger partial charge in [-0.15, -0.1) is 0 Å². The molecule has 0 saturated heterocycles. The summed E-state index contributed by atoms with van der Waals surface area (Å²) < 4.78 is 5.13. The van der Waals surface area contributed by atoms with E-state index in [-0.39, 0.29) is 18.1 Å². The average molecular weight is 236 g/mol. The summed E-state index contributed by atoms with van der Waals surface area (Å²) in [7, 11) is 0. The Hall–Kier alpha value is -1.51. The second-order valence-electron chi connectivity index (χ2n) is 4.60. The first-order chi connectivity index (χ1) is 8.08. The number of rotatable bonds is 6. The molecule has 0 atom stereocenters. The number of hydrogen-bond acceptors (Lipinski definition) is 3. The smallest absolute Gasteiger partial charge is 0.310 e. The summed E-state index contributed by atoms with van der Waals surface area (Å²) in [6.45, 7) is 4.80. The third-order valence-corrected chi connectivity index (χ3v) is 2.47. The van der Waals surface area contributed by atoms with Gasteiger partial charge in [0.15, 0.2) is 0 Å². The molecule has 3 heteroatoms. The highest BCUT2D eigenvalue weighted by molar-refractivity contribution is 5.72. The van der Waals surface area contributed by atoms with Crippen molar-refractivity contribution in [3.8, 4) is 5.75 Å². The normalized spacial score (nSPS) is 10.5. The van der Waals surface area contributed by atoms with Crippen molar-refractivity contribution in [1.82, 2.24) is 0 Å². The molecule has 0 spiro atoms. The van der Waals surface area contributed by atoms with Crippen LogP contribution in [0.5, 0.6) is 5.75 Å². The van der Waals surface area contributed by atoms with Crippen LogP contribution in [0.4, 0.5) is 0 Å². The molecule has 1 aromatic carbocycles. The lowest BCUT2D eigenvalue weighted by Crippen LogP contribution is -2.09. The number of benzene rings is 1. The minimum absolute atomic E-state index is 0.207. The molecule has 1 aromatic rings. The summed E-state index contributed by atoms with van der Waals surface area (Å²) >= 11 is 0. The molecule has 94 valence electrons. The largest absolute Gasteiger partial charge is 0.508 e. The highest BCUT2D eigenvalue weighted by Crippen LogP contribution is 2.10. The molecule has 0 aromatic heterocycles. The Kier molecular flexibility index (Phi) is 5.53. The van der Waals surface area contributed by atoms with Gasteiger partial charge < -0.3 is 9.84 Å². The summed E-state index contributed by atoms with van der Waals surface area (Å²) in [5.74, 6) is 0.643. The van der Waals surface area contributed by atoms with Gasteiger partial charge >= 0.3 is 5.97 Å². The molecular formula is C14H20O3. The van der Waals surface area contributed by atoms with E-state index in [0.29, 0.717) is 12.5 Å². The van der Waals surface area contributed by atoms with Gasteiger partial charge in [-0.2, -0.15) is 0 Å². The predicted octanol–water partition coefficient (Wildman–Crippen LogP) is 2.91. The average Bonchev–Trinajstić information content (AvgIpc) is 2.27. The maximum absolute atomic E-state index is 11.5. The molecule has 0 amide bonds. The molecule has 0 saturated carbocycles. The molecule has 3 nitrogen and oxygen atoms in total. The lowest BCUT2D eigenvalue weighted by molar-refractivity contribution is -0.143. The molecule has 17 heavy (non-hydrogen) atoms. The fourth-order valence-electron chi connectivity index (χ4n) is 1.51. The minimum Gasteiger partial charge on any atom is -0.508 e. The van der Waals surface area contributed by atoms with E-state index in [0.717, 1.165) is 18.4 Å². The van der Waals surface area contributed by atoms with Crippen molar-refractivity contribution in [2.75, 3.05) is 6.61 Å². The van der Waals surface area contributed by atoms with Crippen LogP contribution in [0.1, 0.15) is 32.3 Å². The van der Waals surface area contributed by atoms with Crippen molar-refractivity contribution >= 4 is 5.97 Å². The van der Waals surface area contributed by atoms with Crippen LogP contribution >= 0.6 is 0 Å². The number of phenolic OH excluding ortho intramolecular Hbond substituents is 1. The van der Waals surface area contributed by atoms with Gasteiger partial charge in [0.2, 0.25) is 0 Å². The zero-order valence-corrected chi connectivity index (χ0v) is 10.5. The van der Waals surface area contributed by atoms with Crippen molar-refractivity contribution in [2.45, 2.75) is 33.1 Å². The van der Waals surface area contributed by atoms with E-state index in [2.05, 4.69) is 13.8 Å². The number of aromatic hydroxyl groups is 1. The lowest BCUT2D eigenvalue weighted by atomic mass is 10.1. The van der Waals surface area contributed by atoms with E-state index in [1.54, 1.807) is 24.3 Å². The highest BCUT2D eigenvalue weighted by atomic mass is 16.5. The summed E-state index contributed by atoms with van der Waals surface area (Å²) in [5, 5.41) is 9.10. The van der Waals surface area contributed by atoms with Crippen LogP contribution in [0.25, 0.3) is 0 Å². The molecule has 1 N–H and O–H groups in total. The fourth-order valence-corrected chi connectivity index (χ4v) is 1.51. The second-order valence-corrected chi connectivity index (χ2v) is 4.60. The Labute approximate surface area is 102 Å². The van der Waals surface area contributed by atoms with Crippen molar-refractivity contribution in [1.29, 1.82) is 0 Å². The maximum atomic E-state index is 11.5. The Morgan fingerprint density at radius 1 is 1.29 bits per heavy atom. The van der Waals surface area contributed by atoms with Crippen LogP contribution in [0, 0.1) is 5.92 Å². The van der Waals surface area contributed by atoms with Crippen LogP contribution in [0.3, 0.4) is 0 Å². The van der Waals surface area contributed by atoms with Gasteiger partial charge in [-0.3, -0.25) is 4.79 Å². The van der Waals surface area contributed by atoms with Crippen LogP contribution in [-0.4, -0.2) is 17.7 Å². The first-order valence-corrected chi connectivity index (χ1v) is 6.01. The van der Waals surface area contributed by atoms with E-state index in [4.69, 9.17) is 9.84 Å². The van der Waals surface area contributed by atoms with Gasteiger partial charge in [-0.25, -0.2) is 0 Å². The topological polar surface area (TPSA) is 46.5 Å². The zero-order chi connectivity index (χ0) is 12.7. The summed E-state index contributed by atoms with van der Waals surface area (Å²) in [5.41, 5.74) is 0.858. The van der Waals surface area contributed by atoms with Gasteiger partial charge in [0, 0.05) is 0 Å². The SMILES string of the molecule is CC(C)CCCOC(=O)Cc1ccc(O)cc1. The van der Waals surface area contributed by atoms with E-state index in [9.17, 15) is 4.79 Å². The maximum Gasteiger partial charge on any atom is 0.310 e. The van der Waals surface area contributed by atoms with Crippen LogP contribution < -0.4 is 0 Å². The number of phenols is 1. The first-order valence-electron chi connectivity index (χ1n) is 6.01. The van der Waals surface area contributed by atoms with Crippen LogP contribution in [-0.2, 0) is 16.0 Å². The van der Waals surface area contributed by atoms with Crippen molar-refractivity contribution < 1.29 is 14.6 Å². The number of ether oxygens (including phenoxy) is 1. The molecule has 1 rings (SSSR count). The Bertz CT molecular complexity index is 341. The lowest BCUT2D eigenvalue weighted by Gasteiger charge is -2.06. The van der Waals surface area contributed by atoms with Crippen LogP contribution in [0.15, 0.2) is 24.3 Å². The highest BCUT2D eigenvalue weighted by Gasteiger charge is 2.04. The van der Waals surface area contributed by atoms with Crippen molar-refractivity contribution in [2.24, 2.45) is 5.92 Å². The van der Waals surface area contributed by atoms with E-state index in [1.165, 1.54) is 0 Å². The number of esters is 1. The molecule has 0 unspecified atom stereocenters. The summed E-state index contributed by atoms with van der Waals surface area (Å²) in [6.07, 6.45) is 2.26. The quantitative estimate of drug-likeness (QED) is 0.610. The van der Waals surface area contributed by atoms with Crippen molar-refractivity contribution in [3.05, 3.63) is 29.8 Å². The Morgan fingerprint density at radius 3 is 2.53 bits per heavy atom. The van der Waals surface area contributed by atoms with Gasteiger partial charge in [-0.1, -0.05) is 26.0 Å². The molecule has 0 aliphatic rings. The molecule has 0 radical (unpaired) electrons. The van der Waals surface area contributed by atoms with Gasteiger partial charge in [0.25, 0.3) is 0 Å². The van der Waals surface area contributed by atoms with Gasteiger partial charge in [0.1, 0.15) is 5.75 Å². The number of carbonyl (C=O) groups is 1. The molecular weight excluding hydrogens is 216 g/mol. The number of carbonyl (C=O) groups excluding carboxylic acids is 1. The Balaban J connectivity index is 2.23. The standard InChI is InChI=1S/C14H20O3/c1-11(2)4-3-9-17-14(16)10-12-5-7-13(15)8-6-12/h5-8,11,15H,3-4,9-10H2,1-2H3. The van der Waals surface area contributed by atoms with Crippen LogP contribution in [0.2, 0.25) is 0 Å². The van der Waals surface area contributed by atoms with Crippen molar-refractivity contribution in [3.63, 3.8) is 0 Å². The summed E-state index contributed by atoms with van der Waals surface area (Å²) in [6, 6.07) is 6.60. The second kappa shape index (κ2) is 6.94. The minimum atomic E-state index is -0.209. The van der Waals surface area contributed by atoms with E-state index < -0.39 is 0 Å². The van der Waals surface area contributed by atoms with Gasteiger partial charge in [-0.05, 0) is 36.5 Å². The van der Waals surface area contributed by atoms with Gasteiger partial charge in [0.05, 0.1) is 13.0 Å².